The summed E-state index contributed by atoms with van der Waals surface area (Å²) in [5, 5.41) is 4.33. The highest BCUT2D eigenvalue weighted by molar-refractivity contribution is 6.99. The third-order valence-electron chi connectivity index (χ3n) is 10.0. The van der Waals surface area contributed by atoms with Gasteiger partial charge in [-0.15, -0.1) is 0 Å². The number of aromatic amines is 1. The van der Waals surface area contributed by atoms with Crippen LogP contribution in [0.25, 0.3) is 10.8 Å². The van der Waals surface area contributed by atoms with Gasteiger partial charge in [0.1, 0.15) is 17.8 Å². The molecule has 0 radical (unpaired) electrons. The third kappa shape index (κ3) is 5.40. The van der Waals surface area contributed by atoms with Crippen LogP contribution >= 0.6 is 0 Å². The van der Waals surface area contributed by atoms with Crippen molar-refractivity contribution in [1.29, 1.82) is 0 Å². The number of hydrogen-bond donors (Lipinski definition) is 1. The van der Waals surface area contributed by atoms with E-state index in [0.717, 1.165) is 26.7 Å². The van der Waals surface area contributed by atoms with Crippen LogP contribution in [-0.2, 0) is 25.2 Å². The molecule has 9 heteroatoms. The number of aromatic nitrogens is 2. The zero-order valence-corrected chi connectivity index (χ0v) is 29.0. The largest absolute Gasteiger partial charge is 0.404 e. The molecule has 2 aliphatic heterocycles. The maximum atomic E-state index is 13.2. The van der Waals surface area contributed by atoms with E-state index in [9.17, 15) is 9.59 Å². The summed E-state index contributed by atoms with van der Waals surface area (Å²) >= 11 is 0. The minimum Gasteiger partial charge on any atom is -0.404 e. The van der Waals surface area contributed by atoms with Crippen molar-refractivity contribution >= 4 is 29.5 Å². The van der Waals surface area contributed by atoms with Gasteiger partial charge in [0.15, 0.2) is 6.23 Å². The van der Waals surface area contributed by atoms with Crippen LogP contribution in [0.1, 0.15) is 45.0 Å². The lowest BCUT2D eigenvalue weighted by Crippen LogP contribution is -2.68. The molecule has 2 saturated heterocycles. The van der Waals surface area contributed by atoms with Gasteiger partial charge in [-0.1, -0.05) is 118 Å². The molecule has 7 rings (SSSR count). The number of H-pyrrole nitrogens is 1. The molecule has 2 aliphatic rings. The van der Waals surface area contributed by atoms with Crippen LogP contribution in [0.2, 0.25) is 5.04 Å². The summed E-state index contributed by atoms with van der Waals surface area (Å²) in [6, 6.07) is 35.5. The number of hydrogen-bond acceptors (Lipinski definition) is 6. The first-order valence-corrected chi connectivity index (χ1v) is 18.4. The summed E-state index contributed by atoms with van der Waals surface area (Å²) in [5.41, 5.74) is -0.620. The number of nitrogens with one attached hydrogen (secondary N) is 1. The maximum Gasteiger partial charge on any atom is 0.330 e. The van der Waals surface area contributed by atoms with Crippen LogP contribution < -0.4 is 21.6 Å². The predicted molar refractivity (Wildman–Crippen MR) is 189 cm³/mol. The SMILES string of the molecule is Cc1cn([C@@H]2O[C@@]3(CO[Si](c4ccccc4)(c4ccccc4)C(C)(C)C)[C@H](C)O[C@@H]2[C@@H]3OCc2ccc3ccccc3c2)c(=O)[nH]c1=O. The number of ether oxygens (including phenoxy) is 3. The number of fused-ring (bicyclic) bond motifs is 3. The topological polar surface area (TPSA) is 91.8 Å². The van der Waals surface area contributed by atoms with Crippen molar-refractivity contribution in [2.24, 2.45) is 0 Å². The maximum absolute atomic E-state index is 13.2. The third-order valence-corrected chi connectivity index (χ3v) is 15.0. The van der Waals surface area contributed by atoms with Gasteiger partial charge in [-0.25, -0.2) is 4.79 Å². The minimum atomic E-state index is -2.97. The van der Waals surface area contributed by atoms with Crippen molar-refractivity contribution in [2.75, 3.05) is 6.61 Å². The molecule has 48 heavy (non-hydrogen) atoms. The lowest BCUT2D eigenvalue weighted by Gasteiger charge is -2.46. The van der Waals surface area contributed by atoms with E-state index in [1.807, 2.05) is 31.2 Å². The molecule has 0 saturated carbocycles. The molecule has 2 fully saturated rings. The summed E-state index contributed by atoms with van der Waals surface area (Å²) in [7, 11) is -2.97. The molecule has 0 aliphatic carbocycles. The molecule has 1 N–H and O–H groups in total. The zero-order valence-electron chi connectivity index (χ0n) is 28.0. The van der Waals surface area contributed by atoms with E-state index < -0.39 is 49.7 Å². The first kappa shape index (κ1) is 32.4. The summed E-state index contributed by atoms with van der Waals surface area (Å²) in [5.74, 6) is 0. The molecule has 0 spiro atoms. The second-order valence-corrected chi connectivity index (χ2v) is 18.4. The average molecular weight is 663 g/mol. The van der Waals surface area contributed by atoms with Gasteiger partial charge in [0.05, 0.1) is 19.3 Å². The van der Waals surface area contributed by atoms with Crippen molar-refractivity contribution in [1.82, 2.24) is 9.55 Å². The normalized spacial score (nSPS) is 23.9. The van der Waals surface area contributed by atoms with Crippen molar-refractivity contribution < 1.29 is 18.6 Å². The molecular formula is C39H42N2O6Si. The Morgan fingerprint density at radius 3 is 2.15 bits per heavy atom. The number of aryl methyl sites for hydroxylation is 1. The van der Waals surface area contributed by atoms with E-state index in [-0.39, 0.29) is 11.6 Å². The van der Waals surface area contributed by atoms with E-state index in [1.165, 1.54) is 10.8 Å². The number of nitrogens with zero attached hydrogens (tertiary/aromatic N) is 1. The van der Waals surface area contributed by atoms with Crippen LogP contribution in [0.15, 0.2) is 119 Å². The molecule has 2 bridgehead atoms. The fraction of sp³-hybridized carbons (Fsp3) is 0.333. The Morgan fingerprint density at radius 1 is 0.875 bits per heavy atom. The van der Waals surface area contributed by atoms with E-state index in [1.54, 1.807) is 6.92 Å². The smallest absolute Gasteiger partial charge is 0.330 e. The van der Waals surface area contributed by atoms with Gasteiger partial charge in [0.2, 0.25) is 0 Å². The standard InChI is InChI=1S/C39H42N2O6Si/c1-26-23-41(37(43)40-35(26)42)36-33-34(44-24-28-20-21-29-14-12-13-15-30(29)22-28)39(47-36,27(2)46-33)25-45-48(38(3,4)5,31-16-8-6-9-17-31)32-18-10-7-11-19-32/h6-23,27,33-34,36H,24-25H2,1-5H3,(H,40,42,43)/t27-,33+,34-,36+,39-/m0/s1. The van der Waals surface area contributed by atoms with Crippen LogP contribution in [0, 0.1) is 6.92 Å². The van der Waals surface area contributed by atoms with Gasteiger partial charge >= 0.3 is 5.69 Å². The molecule has 0 amide bonds. The Morgan fingerprint density at radius 2 is 1.50 bits per heavy atom. The molecule has 5 aromatic rings. The fourth-order valence-corrected chi connectivity index (χ4v) is 12.2. The first-order chi connectivity index (χ1) is 23.0. The van der Waals surface area contributed by atoms with Gasteiger partial charge < -0.3 is 18.6 Å². The van der Waals surface area contributed by atoms with E-state index >= 15 is 0 Å². The highest BCUT2D eigenvalue weighted by atomic mass is 28.4. The summed E-state index contributed by atoms with van der Waals surface area (Å²) in [4.78, 5) is 27.9. The van der Waals surface area contributed by atoms with Crippen LogP contribution in [0.5, 0.6) is 0 Å². The minimum absolute atomic E-state index is 0.175. The molecule has 0 unspecified atom stereocenters. The van der Waals surface area contributed by atoms with Crippen molar-refractivity contribution in [2.45, 2.75) is 76.4 Å². The highest BCUT2D eigenvalue weighted by Crippen LogP contribution is 2.51. The van der Waals surface area contributed by atoms with Gasteiger partial charge in [-0.05, 0) is 51.7 Å². The molecular weight excluding hydrogens is 621 g/mol. The summed E-state index contributed by atoms with van der Waals surface area (Å²) < 4.78 is 29.3. The second kappa shape index (κ2) is 12.4. The van der Waals surface area contributed by atoms with E-state index in [4.69, 9.17) is 18.6 Å². The Labute approximate surface area is 281 Å². The first-order valence-electron chi connectivity index (χ1n) is 16.5. The lowest BCUT2D eigenvalue weighted by molar-refractivity contribution is -0.218. The molecule has 4 aromatic carbocycles. The van der Waals surface area contributed by atoms with Crippen LogP contribution in [0.3, 0.4) is 0 Å². The molecule has 248 valence electrons. The summed E-state index contributed by atoms with van der Waals surface area (Å²) in [6.07, 6.45) is -0.878. The predicted octanol–water partition coefficient (Wildman–Crippen LogP) is 5.22. The molecule has 1 aromatic heterocycles. The Balaban J connectivity index is 1.30. The Kier molecular flexibility index (Phi) is 8.38. The van der Waals surface area contributed by atoms with Crippen molar-refractivity contribution in [3.63, 3.8) is 0 Å². The summed E-state index contributed by atoms with van der Waals surface area (Å²) in [6.45, 7) is 10.9. The van der Waals surface area contributed by atoms with Gasteiger partial charge in [0, 0.05) is 11.8 Å². The second-order valence-electron chi connectivity index (χ2n) is 14.0. The Hall–Kier alpha value is -4.12. The van der Waals surface area contributed by atoms with E-state index in [0.29, 0.717) is 12.2 Å². The van der Waals surface area contributed by atoms with Gasteiger partial charge in [0.25, 0.3) is 13.9 Å². The number of benzene rings is 4. The average Bonchev–Trinajstić information content (AvgIpc) is 3.53. The highest BCUT2D eigenvalue weighted by Gasteiger charge is 2.68. The van der Waals surface area contributed by atoms with Gasteiger partial charge in [-0.3, -0.25) is 14.3 Å². The monoisotopic (exact) mass is 662 g/mol. The van der Waals surface area contributed by atoms with E-state index in [2.05, 4.69) is 105 Å². The quantitative estimate of drug-likeness (QED) is 0.218. The van der Waals surface area contributed by atoms with Crippen molar-refractivity contribution in [3.8, 4) is 0 Å². The zero-order chi connectivity index (χ0) is 33.7. The Bertz CT molecular complexity index is 2000. The van der Waals surface area contributed by atoms with Gasteiger partial charge in [-0.2, -0.15) is 0 Å². The van der Waals surface area contributed by atoms with Crippen molar-refractivity contribution in [3.05, 3.63) is 141 Å². The fourth-order valence-electron chi connectivity index (χ4n) is 7.56. The number of rotatable bonds is 9. The lowest BCUT2D eigenvalue weighted by atomic mass is 9.94. The van der Waals surface area contributed by atoms with Crippen LogP contribution in [0.4, 0.5) is 0 Å². The van der Waals surface area contributed by atoms with Crippen LogP contribution in [-0.4, -0.2) is 48.4 Å². The molecule has 8 nitrogen and oxygen atoms in total. The molecule has 5 atom stereocenters. The molecule has 3 heterocycles.